The van der Waals surface area contributed by atoms with Crippen LogP contribution in [0.2, 0.25) is 0 Å². The Morgan fingerprint density at radius 3 is 2.71 bits per heavy atom. The predicted molar refractivity (Wildman–Crippen MR) is 80.9 cm³/mol. The highest BCUT2D eigenvalue weighted by atomic mass is 19.1. The number of halogens is 1. The number of nitrogens with zero attached hydrogens (tertiary/aromatic N) is 1. The molecule has 3 nitrogen and oxygen atoms in total. The lowest BCUT2D eigenvalue weighted by Gasteiger charge is -2.33. The highest BCUT2D eigenvalue weighted by Crippen LogP contribution is 2.39. The summed E-state index contributed by atoms with van der Waals surface area (Å²) in [5.74, 6) is 0.313. The van der Waals surface area contributed by atoms with Crippen molar-refractivity contribution in [1.29, 1.82) is 0 Å². The first-order chi connectivity index (χ1) is 9.97. The average Bonchev–Trinajstić information content (AvgIpc) is 2.46. The molecule has 1 aromatic carbocycles. The first-order valence-electron chi connectivity index (χ1n) is 7.27. The van der Waals surface area contributed by atoms with Gasteiger partial charge in [-0.05, 0) is 24.5 Å². The number of carbonyl (C=O) groups excluding carboxylic acids is 1. The summed E-state index contributed by atoms with van der Waals surface area (Å²) in [4.78, 5) is 13.6. The van der Waals surface area contributed by atoms with Crippen molar-refractivity contribution >= 4 is 5.91 Å². The molecule has 0 radical (unpaired) electrons. The van der Waals surface area contributed by atoms with E-state index in [2.05, 4.69) is 6.08 Å². The van der Waals surface area contributed by atoms with Crippen molar-refractivity contribution in [1.82, 2.24) is 4.90 Å². The number of ether oxygens (including phenoxy) is 1. The molecule has 1 aliphatic heterocycles. The minimum atomic E-state index is -0.264. The largest absolute Gasteiger partial charge is 0.496 e. The van der Waals surface area contributed by atoms with Gasteiger partial charge in [-0.3, -0.25) is 4.79 Å². The molecule has 0 fully saturated rings. The lowest BCUT2D eigenvalue weighted by atomic mass is 9.93. The van der Waals surface area contributed by atoms with E-state index in [9.17, 15) is 9.18 Å². The third-order valence-corrected chi connectivity index (χ3v) is 3.87. The van der Waals surface area contributed by atoms with E-state index in [1.54, 1.807) is 25.0 Å². The Balaban J connectivity index is 2.57. The molecule has 0 aliphatic carbocycles. The molecule has 0 aromatic heterocycles. The smallest absolute Gasteiger partial charge is 0.220 e. The number of hydrogen-bond donors (Lipinski definition) is 0. The number of hydrogen-bond acceptors (Lipinski definition) is 2. The van der Waals surface area contributed by atoms with Crippen molar-refractivity contribution in [2.45, 2.75) is 39.2 Å². The Kier molecular flexibility index (Phi) is 4.66. The fourth-order valence-electron chi connectivity index (χ4n) is 2.90. The summed E-state index contributed by atoms with van der Waals surface area (Å²) in [6.07, 6.45) is 4.89. The van der Waals surface area contributed by atoms with Gasteiger partial charge in [-0.25, -0.2) is 4.39 Å². The molecule has 0 saturated heterocycles. The standard InChI is InChI=1S/C17H22FNO2/c1-11(2)16-14(18)9-8-13(17(16)21-4)15-7-5-6-10-19(15)12(3)20/h5,7-9,11,15H,6,10H2,1-4H3. The SMILES string of the molecule is COc1c(C2C=CCCN2C(C)=O)ccc(F)c1C(C)C. The highest BCUT2D eigenvalue weighted by molar-refractivity contribution is 5.74. The van der Waals surface area contributed by atoms with E-state index in [1.807, 2.05) is 19.9 Å². The molecule has 1 unspecified atom stereocenters. The Morgan fingerprint density at radius 2 is 2.14 bits per heavy atom. The topological polar surface area (TPSA) is 29.5 Å². The zero-order chi connectivity index (χ0) is 15.6. The van der Waals surface area contributed by atoms with Crippen molar-refractivity contribution in [3.05, 3.63) is 41.2 Å². The number of rotatable bonds is 3. The number of carbonyl (C=O) groups is 1. The van der Waals surface area contributed by atoms with Crippen molar-refractivity contribution < 1.29 is 13.9 Å². The van der Waals surface area contributed by atoms with Crippen LogP contribution >= 0.6 is 0 Å². The molecule has 0 spiro atoms. The van der Waals surface area contributed by atoms with Gasteiger partial charge in [0.1, 0.15) is 11.6 Å². The second kappa shape index (κ2) is 6.29. The Labute approximate surface area is 125 Å². The molecule has 1 amide bonds. The van der Waals surface area contributed by atoms with Gasteiger partial charge in [0.2, 0.25) is 5.91 Å². The van der Waals surface area contributed by atoms with Crippen LogP contribution in [0.25, 0.3) is 0 Å². The van der Waals surface area contributed by atoms with Crippen LogP contribution in [0, 0.1) is 5.82 Å². The number of amides is 1. The van der Waals surface area contributed by atoms with Crippen LogP contribution in [0.4, 0.5) is 4.39 Å². The van der Waals surface area contributed by atoms with Crippen molar-refractivity contribution in [3.8, 4) is 5.75 Å². The maximum Gasteiger partial charge on any atom is 0.220 e. The summed E-state index contributed by atoms with van der Waals surface area (Å²) in [7, 11) is 1.55. The van der Waals surface area contributed by atoms with Crippen LogP contribution in [0.15, 0.2) is 24.3 Å². The Hall–Kier alpha value is -1.84. The number of methoxy groups -OCH3 is 1. The fourth-order valence-corrected chi connectivity index (χ4v) is 2.90. The van der Waals surface area contributed by atoms with Gasteiger partial charge in [0, 0.05) is 24.6 Å². The van der Waals surface area contributed by atoms with E-state index in [4.69, 9.17) is 4.74 Å². The van der Waals surface area contributed by atoms with E-state index in [-0.39, 0.29) is 23.7 Å². The second-order valence-corrected chi connectivity index (χ2v) is 5.61. The Morgan fingerprint density at radius 1 is 1.43 bits per heavy atom. The summed E-state index contributed by atoms with van der Waals surface area (Å²) in [6.45, 7) is 6.11. The van der Waals surface area contributed by atoms with Gasteiger partial charge < -0.3 is 9.64 Å². The van der Waals surface area contributed by atoms with Gasteiger partial charge in [0.05, 0.1) is 13.2 Å². The summed E-state index contributed by atoms with van der Waals surface area (Å²) >= 11 is 0. The molecule has 2 rings (SSSR count). The van der Waals surface area contributed by atoms with Crippen molar-refractivity contribution in [3.63, 3.8) is 0 Å². The zero-order valence-electron chi connectivity index (χ0n) is 13.0. The molecule has 0 saturated carbocycles. The molecule has 4 heteroatoms. The average molecular weight is 291 g/mol. The molecule has 0 N–H and O–H groups in total. The molecule has 0 bridgehead atoms. The first kappa shape index (κ1) is 15.5. The lowest BCUT2D eigenvalue weighted by molar-refractivity contribution is -0.130. The molecule has 1 atom stereocenters. The highest BCUT2D eigenvalue weighted by Gasteiger charge is 2.28. The van der Waals surface area contributed by atoms with Gasteiger partial charge in [-0.1, -0.05) is 26.0 Å². The minimum Gasteiger partial charge on any atom is -0.496 e. The van der Waals surface area contributed by atoms with Crippen LogP contribution < -0.4 is 4.74 Å². The predicted octanol–water partition coefficient (Wildman–Crippen LogP) is 3.81. The van der Waals surface area contributed by atoms with Gasteiger partial charge >= 0.3 is 0 Å². The van der Waals surface area contributed by atoms with Crippen molar-refractivity contribution in [2.75, 3.05) is 13.7 Å². The molecule has 1 aliphatic rings. The van der Waals surface area contributed by atoms with Gasteiger partial charge in [-0.15, -0.1) is 0 Å². The van der Waals surface area contributed by atoms with Gasteiger partial charge in [0.25, 0.3) is 0 Å². The third kappa shape index (κ3) is 2.94. The van der Waals surface area contributed by atoms with Crippen LogP contribution in [0.5, 0.6) is 5.75 Å². The maximum atomic E-state index is 14.1. The Bertz CT molecular complexity index is 566. The summed E-state index contributed by atoms with van der Waals surface area (Å²) in [6, 6.07) is 2.99. The molecular weight excluding hydrogens is 269 g/mol. The first-order valence-corrected chi connectivity index (χ1v) is 7.27. The quantitative estimate of drug-likeness (QED) is 0.793. The maximum absolute atomic E-state index is 14.1. The molecule has 1 aromatic rings. The molecule has 114 valence electrons. The molecule has 21 heavy (non-hydrogen) atoms. The fraction of sp³-hybridized carbons (Fsp3) is 0.471. The van der Waals surface area contributed by atoms with E-state index < -0.39 is 0 Å². The van der Waals surface area contributed by atoms with Gasteiger partial charge in [-0.2, -0.15) is 0 Å². The summed E-state index contributed by atoms with van der Waals surface area (Å²) in [5, 5.41) is 0. The number of benzene rings is 1. The summed E-state index contributed by atoms with van der Waals surface area (Å²) in [5.41, 5.74) is 1.41. The molecular formula is C17H22FNO2. The molecule has 1 heterocycles. The summed E-state index contributed by atoms with van der Waals surface area (Å²) < 4.78 is 19.6. The normalized spacial score (nSPS) is 18.2. The van der Waals surface area contributed by atoms with Crippen molar-refractivity contribution in [2.24, 2.45) is 0 Å². The van der Waals surface area contributed by atoms with Gasteiger partial charge in [0.15, 0.2) is 0 Å². The van der Waals surface area contributed by atoms with Crippen LogP contribution in [-0.2, 0) is 4.79 Å². The van der Waals surface area contributed by atoms with E-state index in [0.717, 1.165) is 12.0 Å². The van der Waals surface area contributed by atoms with Crippen LogP contribution in [-0.4, -0.2) is 24.5 Å². The van der Waals surface area contributed by atoms with E-state index in [0.29, 0.717) is 17.9 Å². The van der Waals surface area contributed by atoms with Crippen LogP contribution in [0.1, 0.15) is 50.3 Å². The lowest BCUT2D eigenvalue weighted by Crippen LogP contribution is -2.35. The van der Waals surface area contributed by atoms with E-state index >= 15 is 0 Å². The minimum absolute atomic E-state index is 0.0123. The second-order valence-electron chi connectivity index (χ2n) is 5.61. The van der Waals surface area contributed by atoms with E-state index in [1.165, 1.54) is 6.07 Å². The van der Waals surface area contributed by atoms with Crippen LogP contribution in [0.3, 0.4) is 0 Å². The third-order valence-electron chi connectivity index (χ3n) is 3.87. The zero-order valence-corrected chi connectivity index (χ0v) is 13.0. The monoisotopic (exact) mass is 291 g/mol.